The molecule has 0 aromatic heterocycles. The van der Waals surface area contributed by atoms with Gasteiger partial charge in [0.1, 0.15) is 0 Å². The van der Waals surface area contributed by atoms with E-state index in [2.05, 4.69) is 11.7 Å². The minimum absolute atomic E-state index is 0.472. The Morgan fingerprint density at radius 1 is 1.60 bits per heavy atom. The van der Waals surface area contributed by atoms with Crippen molar-refractivity contribution < 1.29 is 18.4 Å². The summed E-state index contributed by atoms with van der Waals surface area (Å²) in [4.78, 5) is 0. The first-order valence-corrected chi connectivity index (χ1v) is 2.41. The van der Waals surface area contributed by atoms with E-state index in [0.29, 0.717) is 0 Å². The van der Waals surface area contributed by atoms with Crippen molar-refractivity contribution in [3.05, 3.63) is 12.7 Å². The van der Waals surface area contributed by atoms with Crippen LogP contribution in [0.4, 0.5) is 13.2 Å². The van der Waals surface area contributed by atoms with Gasteiger partial charge in [0.15, 0.2) is 5.71 Å². The number of nitrogens with zero attached hydrogens (tertiary/aromatic N) is 1. The van der Waals surface area contributed by atoms with Crippen molar-refractivity contribution in [2.24, 2.45) is 5.16 Å². The zero-order valence-electron chi connectivity index (χ0n) is 5.02. The molecule has 0 aliphatic heterocycles. The van der Waals surface area contributed by atoms with Gasteiger partial charge in [0.25, 0.3) is 0 Å². The number of oxime groups is 1. The molecule has 1 N–H and O–H groups in total. The SMILES string of the molecule is C=CCC(=NO)C(F)(F)F. The number of alkyl halides is 3. The van der Waals surface area contributed by atoms with Crippen LogP contribution in [0, 0.1) is 0 Å². The molecule has 2 nitrogen and oxygen atoms in total. The normalized spacial score (nSPS) is 13.3. The summed E-state index contributed by atoms with van der Waals surface area (Å²) in [6, 6.07) is 0. The number of halogens is 3. The molecular weight excluding hydrogens is 147 g/mol. The molecule has 0 spiro atoms. The standard InChI is InChI=1S/C5H6F3NO/c1-2-3-4(9-10)5(6,7)8/h2,10H,1,3H2. The summed E-state index contributed by atoms with van der Waals surface area (Å²) in [6.07, 6.45) is -4.01. The average Bonchev–Trinajstić information content (AvgIpc) is 1.80. The van der Waals surface area contributed by atoms with Gasteiger partial charge in [-0.1, -0.05) is 11.2 Å². The second kappa shape index (κ2) is 3.24. The average molecular weight is 153 g/mol. The summed E-state index contributed by atoms with van der Waals surface area (Å²) in [7, 11) is 0. The van der Waals surface area contributed by atoms with Gasteiger partial charge in [-0.05, 0) is 0 Å². The second-order valence-corrected chi connectivity index (χ2v) is 1.54. The molecule has 10 heavy (non-hydrogen) atoms. The minimum Gasteiger partial charge on any atom is -0.411 e. The molecule has 5 heteroatoms. The van der Waals surface area contributed by atoms with Crippen LogP contribution in [0.3, 0.4) is 0 Å². The molecule has 0 bridgehead atoms. The maximum absolute atomic E-state index is 11.6. The molecule has 0 amide bonds. The molecule has 0 heterocycles. The van der Waals surface area contributed by atoms with Crippen molar-refractivity contribution >= 4 is 5.71 Å². The summed E-state index contributed by atoms with van der Waals surface area (Å²) >= 11 is 0. The van der Waals surface area contributed by atoms with Crippen LogP contribution >= 0.6 is 0 Å². The van der Waals surface area contributed by atoms with E-state index in [1.807, 2.05) is 0 Å². The van der Waals surface area contributed by atoms with E-state index in [-0.39, 0.29) is 0 Å². The molecule has 0 radical (unpaired) electrons. The van der Waals surface area contributed by atoms with Gasteiger partial charge in [-0.2, -0.15) is 13.2 Å². The van der Waals surface area contributed by atoms with Gasteiger partial charge in [-0.3, -0.25) is 0 Å². The van der Waals surface area contributed by atoms with E-state index in [1.165, 1.54) is 0 Å². The Kier molecular flexibility index (Phi) is 2.92. The lowest BCUT2D eigenvalue weighted by Gasteiger charge is -2.04. The highest BCUT2D eigenvalue weighted by Gasteiger charge is 2.35. The number of hydrogen-bond acceptors (Lipinski definition) is 2. The fourth-order valence-corrected chi connectivity index (χ4v) is 0.350. The number of rotatable bonds is 2. The van der Waals surface area contributed by atoms with Crippen LogP contribution in [0.15, 0.2) is 17.8 Å². The summed E-state index contributed by atoms with van der Waals surface area (Å²) in [5, 5.41) is 9.88. The maximum atomic E-state index is 11.6. The Bertz CT molecular complexity index is 149. The highest BCUT2D eigenvalue weighted by molar-refractivity contribution is 5.90. The Morgan fingerprint density at radius 2 is 2.10 bits per heavy atom. The molecule has 0 rings (SSSR count). The van der Waals surface area contributed by atoms with Gasteiger partial charge >= 0.3 is 6.18 Å². The van der Waals surface area contributed by atoms with Crippen molar-refractivity contribution in [1.29, 1.82) is 0 Å². The largest absolute Gasteiger partial charge is 0.433 e. The molecule has 0 aromatic rings. The lowest BCUT2D eigenvalue weighted by Crippen LogP contribution is -2.21. The zero-order valence-corrected chi connectivity index (χ0v) is 5.02. The van der Waals surface area contributed by atoms with E-state index in [1.54, 1.807) is 0 Å². The summed E-state index contributed by atoms with van der Waals surface area (Å²) in [5.74, 6) is 0. The van der Waals surface area contributed by atoms with Crippen LogP contribution in [0.25, 0.3) is 0 Å². The predicted octanol–water partition coefficient (Wildman–Crippen LogP) is 1.95. The first-order chi connectivity index (χ1) is 4.52. The van der Waals surface area contributed by atoms with E-state index < -0.39 is 18.3 Å². The first kappa shape index (κ1) is 9.00. The molecular formula is C5H6F3NO. The summed E-state index contributed by atoms with van der Waals surface area (Å²) in [6.45, 7) is 3.07. The lowest BCUT2D eigenvalue weighted by molar-refractivity contribution is -0.0621. The van der Waals surface area contributed by atoms with Crippen molar-refractivity contribution in [1.82, 2.24) is 0 Å². The highest BCUT2D eigenvalue weighted by atomic mass is 19.4. The monoisotopic (exact) mass is 153 g/mol. The minimum atomic E-state index is -4.55. The molecule has 0 atom stereocenters. The van der Waals surface area contributed by atoms with Crippen molar-refractivity contribution in [3.8, 4) is 0 Å². The van der Waals surface area contributed by atoms with Crippen LogP contribution in [-0.2, 0) is 0 Å². The molecule has 0 saturated heterocycles. The fraction of sp³-hybridized carbons (Fsp3) is 0.400. The van der Waals surface area contributed by atoms with Crippen LogP contribution in [0.2, 0.25) is 0 Å². The third kappa shape index (κ3) is 2.52. The quantitative estimate of drug-likeness (QED) is 0.279. The second-order valence-electron chi connectivity index (χ2n) is 1.54. The molecule has 0 saturated carbocycles. The van der Waals surface area contributed by atoms with Crippen LogP contribution in [0.1, 0.15) is 6.42 Å². The predicted molar refractivity (Wildman–Crippen MR) is 30.1 cm³/mol. The summed E-state index contributed by atoms with van der Waals surface area (Å²) in [5.41, 5.74) is -1.23. The van der Waals surface area contributed by atoms with E-state index in [0.717, 1.165) is 6.08 Å². The van der Waals surface area contributed by atoms with Crippen LogP contribution in [0.5, 0.6) is 0 Å². The van der Waals surface area contributed by atoms with Gasteiger partial charge in [0.05, 0.1) is 0 Å². The zero-order chi connectivity index (χ0) is 8.20. The molecule has 0 fully saturated rings. The third-order valence-corrected chi connectivity index (χ3v) is 0.786. The van der Waals surface area contributed by atoms with Crippen molar-refractivity contribution in [2.45, 2.75) is 12.6 Å². The fourth-order valence-electron chi connectivity index (χ4n) is 0.350. The van der Waals surface area contributed by atoms with Gasteiger partial charge < -0.3 is 5.21 Å². The Balaban J connectivity index is 4.23. The van der Waals surface area contributed by atoms with Gasteiger partial charge in [-0.15, -0.1) is 6.58 Å². The lowest BCUT2D eigenvalue weighted by atomic mass is 10.2. The molecule has 0 aromatic carbocycles. The molecule has 0 aliphatic rings. The van der Waals surface area contributed by atoms with Crippen molar-refractivity contribution in [2.75, 3.05) is 0 Å². The van der Waals surface area contributed by atoms with E-state index >= 15 is 0 Å². The summed E-state index contributed by atoms with van der Waals surface area (Å²) < 4.78 is 34.7. The third-order valence-electron chi connectivity index (χ3n) is 0.786. The van der Waals surface area contributed by atoms with E-state index in [9.17, 15) is 13.2 Å². The molecule has 0 unspecified atom stereocenters. The molecule has 58 valence electrons. The van der Waals surface area contributed by atoms with Gasteiger partial charge in [0, 0.05) is 6.42 Å². The van der Waals surface area contributed by atoms with Gasteiger partial charge in [0.2, 0.25) is 0 Å². The Hall–Kier alpha value is -1.00. The topological polar surface area (TPSA) is 32.6 Å². The van der Waals surface area contributed by atoms with Gasteiger partial charge in [-0.25, -0.2) is 0 Å². The van der Waals surface area contributed by atoms with E-state index in [4.69, 9.17) is 5.21 Å². The first-order valence-electron chi connectivity index (χ1n) is 2.41. The Morgan fingerprint density at radius 3 is 2.20 bits per heavy atom. The van der Waals surface area contributed by atoms with Crippen LogP contribution < -0.4 is 0 Å². The smallest absolute Gasteiger partial charge is 0.411 e. The Labute approximate surface area is 55.6 Å². The highest BCUT2D eigenvalue weighted by Crippen LogP contribution is 2.19. The number of allylic oxidation sites excluding steroid dienone is 1. The molecule has 0 aliphatic carbocycles. The van der Waals surface area contributed by atoms with Crippen molar-refractivity contribution in [3.63, 3.8) is 0 Å². The number of hydrogen-bond donors (Lipinski definition) is 1. The van der Waals surface area contributed by atoms with Crippen LogP contribution in [-0.4, -0.2) is 17.1 Å². The maximum Gasteiger partial charge on any atom is 0.433 e.